The molecule has 27 heavy (non-hydrogen) atoms. The van der Waals surface area contributed by atoms with E-state index in [2.05, 4.69) is 15.3 Å². The van der Waals surface area contributed by atoms with Crippen molar-refractivity contribution in [3.63, 3.8) is 0 Å². The van der Waals surface area contributed by atoms with Gasteiger partial charge in [0.05, 0.1) is 18.2 Å². The highest BCUT2D eigenvalue weighted by Crippen LogP contribution is 2.24. The van der Waals surface area contributed by atoms with Crippen LogP contribution >= 0.6 is 0 Å². The van der Waals surface area contributed by atoms with E-state index in [1.807, 2.05) is 92.6 Å². The molecule has 0 aliphatic carbocycles. The number of amides is 1. The zero-order valence-corrected chi connectivity index (χ0v) is 15.9. The third-order valence-corrected chi connectivity index (χ3v) is 4.27. The van der Waals surface area contributed by atoms with Crippen LogP contribution in [0.2, 0.25) is 0 Å². The van der Waals surface area contributed by atoms with Gasteiger partial charge in [-0.05, 0) is 24.1 Å². The number of hydrogen-bond donors (Lipinski definition) is 1. The third kappa shape index (κ3) is 4.70. The Morgan fingerprint density at radius 1 is 0.963 bits per heavy atom. The molecule has 0 atom stereocenters. The Labute approximate surface area is 160 Å². The summed E-state index contributed by atoms with van der Waals surface area (Å²) in [6.45, 7) is 2.29. The number of nitrogens with zero attached hydrogens (tertiary/aromatic N) is 3. The predicted molar refractivity (Wildman–Crippen MR) is 108 cm³/mol. The smallest absolute Gasteiger partial charge is 0.232 e. The molecule has 1 amide bonds. The summed E-state index contributed by atoms with van der Waals surface area (Å²) < 4.78 is 0. The average molecular weight is 360 g/mol. The van der Waals surface area contributed by atoms with Gasteiger partial charge in [0, 0.05) is 19.8 Å². The minimum Gasteiger partial charge on any atom is -0.350 e. The molecular weight excluding hydrogens is 336 g/mol. The summed E-state index contributed by atoms with van der Waals surface area (Å²) in [6.07, 6.45) is 0. The summed E-state index contributed by atoms with van der Waals surface area (Å²) in [4.78, 5) is 23.8. The van der Waals surface area contributed by atoms with Crippen LogP contribution in [0.5, 0.6) is 0 Å². The summed E-state index contributed by atoms with van der Waals surface area (Å²) in [6, 6.07) is 21.6. The van der Waals surface area contributed by atoms with Gasteiger partial charge in [0.2, 0.25) is 11.9 Å². The van der Waals surface area contributed by atoms with E-state index in [9.17, 15) is 4.79 Å². The van der Waals surface area contributed by atoms with E-state index in [4.69, 9.17) is 0 Å². The first-order chi connectivity index (χ1) is 13.0. The Bertz CT molecular complexity index is 855. The quantitative estimate of drug-likeness (QED) is 0.733. The lowest BCUT2D eigenvalue weighted by Gasteiger charge is -2.18. The van der Waals surface area contributed by atoms with Gasteiger partial charge in [-0.25, -0.2) is 9.97 Å². The fraction of sp³-hybridized carbons (Fsp3) is 0.227. The molecule has 0 saturated carbocycles. The number of rotatable bonds is 6. The van der Waals surface area contributed by atoms with Crippen molar-refractivity contribution >= 4 is 11.9 Å². The molecule has 1 heterocycles. The van der Waals surface area contributed by atoms with E-state index in [0.29, 0.717) is 12.5 Å². The molecule has 1 aromatic heterocycles. The van der Waals surface area contributed by atoms with Crippen LogP contribution in [-0.2, 0) is 11.3 Å². The molecule has 0 unspecified atom stereocenters. The van der Waals surface area contributed by atoms with Gasteiger partial charge in [-0.1, -0.05) is 60.7 Å². The fourth-order valence-electron chi connectivity index (χ4n) is 2.97. The van der Waals surface area contributed by atoms with E-state index in [1.165, 1.54) is 0 Å². The number of aryl methyl sites for hydroxylation is 1. The molecule has 138 valence electrons. The van der Waals surface area contributed by atoms with Crippen molar-refractivity contribution in [2.45, 2.75) is 19.4 Å². The second kappa shape index (κ2) is 8.45. The number of nitrogens with one attached hydrogen (secondary N) is 1. The second-order valence-corrected chi connectivity index (χ2v) is 6.67. The molecule has 3 rings (SSSR count). The van der Waals surface area contributed by atoms with Gasteiger partial charge in [0.25, 0.3) is 0 Å². The van der Waals surface area contributed by atoms with E-state index < -0.39 is 0 Å². The van der Waals surface area contributed by atoms with Crippen molar-refractivity contribution < 1.29 is 4.79 Å². The molecular formula is C22H24N4O. The first-order valence-electron chi connectivity index (χ1n) is 8.94. The molecule has 0 bridgehead atoms. The molecule has 0 aliphatic rings. The standard InChI is InChI=1S/C22H24N4O/c1-16-14-19(25-22(24-16)26(2)3)15-23-21(27)20(17-10-6-4-7-11-17)18-12-8-5-9-13-18/h4-14,20H,15H2,1-3H3,(H,23,27). The monoisotopic (exact) mass is 360 g/mol. The largest absolute Gasteiger partial charge is 0.350 e. The van der Waals surface area contributed by atoms with E-state index >= 15 is 0 Å². The fourth-order valence-corrected chi connectivity index (χ4v) is 2.97. The van der Waals surface area contributed by atoms with Gasteiger partial charge in [-0.15, -0.1) is 0 Å². The number of anilines is 1. The van der Waals surface area contributed by atoms with Crippen molar-refractivity contribution in [3.8, 4) is 0 Å². The number of carbonyl (C=O) groups excluding carboxylic acids is 1. The maximum absolute atomic E-state index is 13.1. The van der Waals surface area contributed by atoms with Crippen molar-refractivity contribution in [2.75, 3.05) is 19.0 Å². The number of aromatic nitrogens is 2. The number of hydrogen-bond acceptors (Lipinski definition) is 4. The number of carbonyl (C=O) groups is 1. The van der Waals surface area contributed by atoms with Crippen LogP contribution in [0.4, 0.5) is 5.95 Å². The zero-order chi connectivity index (χ0) is 19.2. The van der Waals surface area contributed by atoms with Crippen LogP contribution in [-0.4, -0.2) is 30.0 Å². The van der Waals surface area contributed by atoms with Crippen molar-refractivity contribution in [2.24, 2.45) is 0 Å². The highest BCUT2D eigenvalue weighted by atomic mass is 16.1. The minimum atomic E-state index is -0.358. The van der Waals surface area contributed by atoms with Crippen LogP contribution in [0.1, 0.15) is 28.4 Å². The maximum Gasteiger partial charge on any atom is 0.232 e. The molecule has 5 heteroatoms. The van der Waals surface area contributed by atoms with E-state index in [-0.39, 0.29) is 11.8 Å². The highest BCUT2D eigenvalue weighted by Gasteiger charge is 2.22. The summed E-state index contributed by atoms with van der Waals surface area (Å²) in [5.74, 6) is 0.237. The molecule has 2 aromatic carbocycles. The summed E-state index contributed by atoms with van der Waals surface area (Å²) >= 11 is 0. The third-order valence-electron chi connectivity index (χ3n) is 4.27. The van der Waals surface area contributed by atoms with Crippen molar-refractivity contribution in [1.82, 2.24) is 15.3 Å². The molecule has 3 aromatic rings. The van der Waals surface area contributed by atoms with Crippen molar-refractivity contribution in [1.29, 1.82) is 0 Å². The Balaban J connectivity index is 1.82. The number of benzene rings is 2. The lowest BCUT2D eigenvalue weighted by molar-refractivity contribution is -0.121. The van der Waals surface area contributed by atoms with Gasteiger partial charge < -0.3 is 10.2 Å². The normalized spacial score (nSPS) is 10.7. The Kier molecular flexibility index (Phi) is 5.81. The van der Waals surface area contributed by atoms with Crippen molar-refractivity contribution in [3.05, 3.63) is 89.2 Å². The zero-order valence-electron chi connectivity index (χ0n) is 15.9. The van der Waals surface area contributed by atoms with Gasteiger partial charge in [0.1, 0.15) is 0 Å². The van der Waals surface area contributed by atoms with Crippen LogP contribution in [0.25, 0.3) is 0 Å². The van der Waals surface area contributed by atoms with Gasteiger partial charge in [0.15, 0.2) is 0 Å². The van der Waals surface area contributed by atoms with E-state index in [0.717, 1.165) is 22.5 Å². The maximum atomic E-state index is 13.1. The first kappa shape index (κ1) is 18.6. The van der Waals surface area contributed by atoms with Gasteiger partial charge in [-0.2, -0.15) is 0 Å². The Hall–Kier alpha value is -3.21. The molecule has 0 aliphatic heterocycles. The molecule has 0 radical (unpaired) electrons. The lowest BCUT2D eigenvalue weighted by atomic mass is 9.90. The minimum absolute atomic E-state index is 0.0462. The topological polar surface area (TPSA) is 58.1 Å². The molecule has 0 spiro atoms. The average Bonchev–Trinajstić information content (AvgIpc) is 2.68. The molecule has 1 N–H and O–H groups in total. The Morgan fingerprint density at radius 3 is 2.04 bits per heavy atom. The summed E-state index contributed by atoms with van der Waals surface area (Å²) in [5, 5.41) is 3.04. The first-order valence-corrected chi connectivity index (χ1v) is 8.94. The molecule has 5 nitrogen and oxygen atoms in total. The summed E-state index contributed by atoms with van der Waals surface area (Å²) in [5.41, 5.74) is 3.60. The summed E-state index contributed by atoms with van der Waals surface area (Å²) in [7, 11) is 3.80. The van der Waals surface area contributed by atoms with Crippen LogP contribution in [0, 0.1) is 6.92 Å². The molecule has 0 saturated heterocycles. The van der Waals surface area contributed by atoms with Gasteiger partial charge >= 0.3 is 0 Å². The van der Waals surface area contributed by atoms with E-state index in [1.54, 1.807) is 0 Å². The second-order valence-electron chi connectivity index (χ2n) is 6.67. The van der Waals surface area contributed by atoms with Gasteiger partial charge in [-0.3, -0.25) is 4.79 Å². The lowest BCUT2D eigenvalue weighted by Crippen LogP contribution is -2.30. The van der Waals surface area contributed by atoms with Crippen LogP contribution in [0.15, 0.2) is 66.7 Å². The Morgan fingerprint density at radius 2 is 1.52 bits per heavy atom. The highest BCUT2D eigenvalue weighted by molar-refractivity contribution is 5.87. The van der Waals surface area contributed by atoms with Crippen LogP contribution in [0.3, 0.4) is 0 Å². The predicted octanol–water partition coefficient (Wildman–Crippen LogP) is 3.30. The SMILES string of the molecule is Cc1cc(CNC(=O)C(c2ccccc2)c2ccccc2)nc(N(C)C)n1. The van der Waals surface area contributed by atoms with Crippen LogP contribution < -0.4 is 10.2 Å². The molecule has 0 fully saturated rings.